The highest BCUT2D eigenvalue weighted by Crippen LogP contribution is 2.13. The fraction of sp³-hybridized carbons (Fsp3) is 0.371. The smallest absolute Gasteiger partial charge is 0.274 e. The molecule has 3 atom stereocenters. The van der Waals surface area contributed by atoms with E-state index in [2.05, 4.69) is 31.4 Å². The summed E-state index contributed by atoms with van der Waals surface area (Å²) in [6.45, 7) is 4.01. The number of hydrogen-bond acceptors (Lipinski definition) is 9. The van der Waals surface area contributed by atoms with Crippen LogP contribution >= 0.6 is 0 Å². The molecule has 14 heteroatoms. The molecule has 0 saturated heterocycles. The molecule has 5 rings (SSSR count). The topological polar surface area (TPSA) is 173 Å². The number of nitrogens with zero attached hydrogens (tertiary/aromatic N) is 4. The molecule has 4 amide bonds. The van der Waals surface area contributed by atoms with E-state index in [-0.39, 0.29) is 37.5 Å². The Labute approximate surface area is 284 Å². The lowest BCUT2D eigenvalue weighted by Gasteiger charge is -2.26. The number of hydrogen-bond donors (Lipinski definition) is 4. The van der Waals surface area contributed by atoms with E-state index in [0.29, 0.717) is 32.0 Å². The van der Waals surface area contributed by atoms with E-state index in [9.17, 15) is 19.2 Å². The number of methoxy groups -OCH3 is 1. The maximum Gasteiger partial charge on any atom is 0.274 e. The Morgan fingerprint density at radius 2 is 1.53 bits per heavy atom. The molecule has 3 heterocycles. The summed E-state index contributed by atoms with van der Waals surface area (Å²) in [4.78, 5) is 60.3. The van der Waals surface area contributed by atoms with Crippen LogP contribution in [-0.4, -0.2) is 88.2 Å². The number of nitrogens with one attached hydrogen (secondary N) is 4. The third-order valence-corrected chi connectivity index (χ3v) is 8.19. The minimum atomic E-state index is -1.03. The molecular formula is C35H42N8O6. The Morgan fingerprint density at radius 1 is 0.878 bits per heavy atom. The second-order valence-corrected chi connectivity index (χ2v) is 11.9. The van der Waals surface area contributed by atoms with Crippen molar-refractivity contribution in [2.45, 2.75) is 57.5 Å². The van der Waals surface area contributed by atoms with Gasteiger partial charge in [-0.15, -0.1) is 0 Å². The Balaban J connectivity index is 1.42. The zero-order valence-corrected chi connectivity index (χ0v) is 27.6. The first kappa shape index (κ1) is 35.0. The van der Waals surface area contributed by atoms with Crippen molar-refractivity contribution in [1.29, 1.82) is 0 Å². The summed E-state index contributed by atoms with van der Waals surface area (Å²) < 4.78 is 12.7. The molecule has 4 aromatic rings. The van der Waals surface area contributed by atoms with Crippen LogP contribution in [0.4, 0.5) is 0 Å². The summed E-state index contributed by atoms with van der Waals surface area (Å²) in [5.41, 5.74) is 2.60. The average Bonchev–Trinajstić information content (AvgIpc) is 3.76. The van der Waals surface area contributed by atoms with E-state index in [1.165, 1.54) is 13.0 Å². The van der Waals surface area contributed by atoms with Crippen molar-refractivity contribution in [1.82, 2.24) is 40.9 Å². The van der Waals surface area contributed by atoms with Gasteiger partial charge in [-0.25, -0.2) is 4.98 Å². The summed E-state index contributed by atoms with van der Waals surface area (Å²) in [6, 6.07) is 17.2. The van der Waals surface area contributed by atoms with Crippen molar-refractivity contribution in [2.75, 3.05) is 26.8 Å². The van der Waals surface area contributed by atoms with Crippen molar-refractivity contribution in [3.8, 4) is 0 Å². The molecule has 0 fully saturated rings. The van der Waals surface area contributed by atoms with E-state index in [0.717, 1.165) is 16.8 Å². The molecule has 2 aromatic heterocycles. The Hall–Kier alpha value is -5.34. The minimum Gasteiger partial charge on any atom is -0.383 e. The van der Waals surface area contributed by atoms with Crippen molar-refractivity contribution in [2.24, 2.45) is 0 Å². The molecule has 2 aromatic carbocycles. The van der Waals surface area contributed by atoms with Crippen molar-refractivity contribution in [3.63, 3.8) is 0 Å². The van der Waals surface area contributed by atoms with Crippen LogP contribution < -0.4 is 21.3 Å². The molecule has 2 bridgehead atoms. The number of amides is 4. The lowest BCUT2D eigenvalue weighted by Crippen LogP contribution is -2.57. The number of aromatic nitrogens is 3. The number of rotatable bonds is 9. The Bertz CT molecular complexity index is 1690. The zero-order chi connectivity index (χ0) is 34.6. The molecule has 258 valence electrons. The van der Waals surface area contributed by atoms with Gasteiger partial charge in [0.1, 0.15) is 18.1 Å². The third-order valence-electron chi connectivity index (χ3n) is 8.19. The van der Waals surface area contributed by atoms with Crippen LogP contribution in [0.1, 0.15) is 40.0 Å². The van der Waals surface area contributed by atoms with E-state index < -0.39 is 35.8 Å². The zero-order valence-electron chi connectivity index (χ0n) is 27.6. The van der Waals surface area contributed by atoms with Crippen LogP contribution in [-0.2, 0) is 51.6 Å². The Morgan fingerprint density at radius 3 is 2.20 bits per heavy atom. The van der Waals surface area contributed by atoms with E-state index in [4.69, 9.17) is 9.26 Å². The van der Waals surface area contributed by atoms with Crippen molar-refractivity contribution in [3.05, 3.63) is 108 Å². The standard InChI is InChI=1S/C35H42N8O6/c1-24-32(44)39-30(18-26-11-7-4-8-12-26)34(46)40-29(17-25-9-5-3-6-10-25)33(45)37-13-14-42(21-27-20-36-23-43(27)15-16-48-2)22-28-19-31(41-49-28)35(47)38-24/h3-12,19-20,23-24,29-30H,13-18,21-22H2,1-2H3,(H,37,45)(H,38,47)(H,39,44)(H,40,46)/t24-,29+,30-/m0/s1. The van der Waals surface area contributed by atoms with Crippen LogP contribution in [0.15, 0.2) is 83.8 Å². The summed E-state index contributed by atoms with van der Waals surface area (Å²) in [5, 5.41) is 15.2. The summed E-state index contributed by atoms with van der Waals surface area (Å²) in [5.74, 6) is -1.64. The molecule has 0 saturated carbocycles. The molecule has 49 heavy (non-hydrogen) atoms. The number of fused-ring (bicyclic) bond motifs is 2. The third kappa shape index (κ3) is 10.1. The first-order chi connectivity index (χ1) is 23.8. The average molecular weight is 671 g/mol. The fourth-order valence-corrected chi connectivity index (χ4v) is 5.51. The largest absolute Gasteiger partial charge is 0.383 e. The van der Waals surface area contributed by atoms with Gasteiger partial charge in [-0.05, 0) is 18.1 Å². The summed E-state index contributed by atoms with van der Waals surface area (Å²) in [6.07, 6.45) is 3.90. The highest BCUT2D eigenvalue weighted by molar-refractivity contribution is 5.97. The van der Waals surface area contributed by atoms with Gasteiger partial charge in [0, 0.05) is 58.4 Å². The molecule has 14 nitrogen and oxygen atoms in total. The van der Waals surface area contributed by atoms with Gasteiger partial charge in [0.25, 0.3) is 5.91 Å². The molecule has 4 N–H and O–H groups in total. The number of ether oxygens (including phenoxy) is 1. The number of carbonyl (C=O) groups is 4. The maximum absolute atomic E-state index is 13.9. The van der Waals surface area contributed by atoms with Crippen molar-refractivity contribution < 1.29 is 28.4 Å². The van der Waals surface area contributed by atoms with Gasteiger partial charge >= 0.3 is 0 Å². The van der Waals surface area contributed by atoms with E-state index in [1.807, 2.05) is 70.1 Å². The predicted molar refractivity (Wildman–Crippen MR) is 179 cm³/mol. The monoisotopic (exact) mass is 670 g/mol. The van der Waals surface area contributed by atoms with Gasteiger partial charge in [0.15, 0.2) is 11.5 Å². The van der Waals surface area contributed by atoms with Crippen LogP contribution in [0.2, 0.25) is 0 Å². The normalized spacial score (nSPS) is 20.0. The summed E-state index contributed by atoms with van der Waals surface area (Å²) in [7, 11) is 1.63. The number of carbonyl (C=O) groups excluding carboxylic acids is 4. The maximum atomic E-state index is 13.9. The van der Waals surface area contributed by atoms with Crippen LogP contribution in [0.5, 0.6) is 0 Å². The molecule has 0 aliphatic carbocycles. The SMILES string of the molecule is COCCn1cncc1CN1CCNC(=O)[C@@H](Cc2ccccc2)NC(=O)[C@H](Cc2ccccc2)NC(=O)[C@H](C)NC(=O)c2cc(on2)C1. The highest BCUT2D eigenvalue weighted by Gasteiger charge is 2.30. The summed E-state index contributed by atoms with van der Waals surface area (Å²) >= 11 is 0. The van der Waals surface area contributed by atoms with Crippen molar-refractivity contribution >= 4 is 23.6 Å². The first-order valence-corrected chi connectivity index (χ1v) is 16.2. The minimum absolute atomic E-state index is 0.0106. The first-order valence-electron chi connectivity index (χ1n) is 16.2. The lowest BCUT2D eigenvalue weighted by molar-refractivity contribution is -0.132. The van der Waals surface area contributed by atoms with E-state index in [1.54, 1.807) is 19.6 Å². The molecule has 0 radical (unpaired) electrons. The van der Waals surface area contributed by atoms with Gasteiger partial charge in [-0.2, -0.15) is 0 Å². The van der Waals surface area contributed by atoms with Gasteiger partial charge in [-0.3, -0.25) is 24.1 Å². The van der Waals surface area contributed by atoms with Crippen LogP contribution in [0.25, 0.3) is 0 Å². The second kappa shape index (κ2) is 17.2. The molecule has 1 aliphatic rings. The fourth-order valence-electron chi connectivity index (χ4n) is 5.51. The molecule has 0 spiro atoms. The van der Waals surface area contributed by atoms with E-state index >= 15 is 0 Å². The Kier molecular flexibility index (Phi) is 12.3. The van der Waals surface area contributed by atoms with Crippen LogP contribution in [0, 0.1) is 0 Å². The van der Waals surface area contributed by atoms with Gasteiger partial charge in [0.05, 0.1) is 25.2 Å². The van der Waals surface area contributed by atoms with Gasteiger partial charge in [0.2, 0.25) is 17.7 Å². The molecule has 0 unspecified atom stereocenters. The predicted octanol–water partition coefficient (Wildman–Crippen LogP) is 1.22. The number of benzene rings is 2. The van der Waals surface area contributed by atoms with Gasteiger partial charge in [-0.1, -0.05) is 65.8 Å². The quantitative estimate of drug-likeness (QED) is 0.204. The second-order valence-electron chi connectivity index (χ2n) is 11.9. The van der Waals surface area contributed by atoms with Gasteiger partial charge < -0.3 is 35.1 Å². The van der Waals surface area contributed by atoms with Crippen LogP contribution in [0.3, 0.4) is 0 Å². The highest BCUT2D eigenvalue weighted by atomic mass is 16.5. The molecular weight excluding hydrogens is 628 g/mol. The molecule has 1 aliphatic heterocycles. The number of imidazole rings is 1. The lowest BCUT2D eigenvalue weighted by atomic mass is 10.0.